The van der Waals surface area contributed by atoms with E-state index >= 15 is 0 Å². The summed E-state index contributed by atoms with van der Waals surface area (Å²) in [6.07, 6.45) is 0.556. The molecule has 104 valence electrons. The van der Waals surface area contributed by atoms with Crippen molar-refractivity contribution in [2.24, 2.45) is 0 Å². The van der Waals surface area contributed by atoms with Crippen LogP contribution in [0.15, 0.2) is 46.9 Å². The van der Waals surface area contributed by atoms with Gasteiger partial charge in [0.05, 0.1) is 7.11 Å². The Balaban J connectivity index is 2.01. The SMILES string of the molecule is COc1ccc(CC(=O)Cc2cc(F)cc(Br)c2)cc1. The van der Waals surface area contributed by atoms with Gasteiger partial charge in [0.2, 0.25) is 0 Å². The van der Waals surface area contributed by atoms with E-state index in [9.17, 15) is 9.18 Å². The van der Waals surface area contributed by atoms with Crippen molar-refractivity contribution in [2.45, 2.75) is 12.8 Å². The lowest BCUT2D eigenvalue weighted by Crippen LogP contribution is -2.06. The van der Waals surface area contributed by atoms with Crippen LogP contribution in [0.5, 0.6) is 5.75 Å². The molecule has 0 aromatic heterocycles. The molecule has 0 saturated heterocycles. The van der Waals surface area contributed by atoms with Crippen LogP contribution in [0.2, 0.25) is 0 Å². The van der Waals surface area contributed by atoms with E-state index in [1.165, 1.54) is 12.1 Å². The second kappa shape index (κ2) is 6.66. The predicted molar refractivity (Wildman–Crippen MR) is 79.5 cm³/mol. The van der Waals surface area contributed by atoms with Gasteiger partial charge in [0.15, 0.2) is 0 Å². The molecule has 0 unspecified atom stereocenters. The Morgan fingerprint density at radius 3 is 2.35 bits per heavy atom. The maximum atomic E-state index is 13.2. The molecule has 0 N–H and O–H groups in total. The van der Waals surface area contributed by atoms with E-state index in [1.54, 1.807) is 13.2 Å². The Labute approximate surface area is 125 Å². The number of carbonyl (C=O) groups excluding carboxylic acids is 1. The van der Waals surface area contributed by atoms with Crippen molar-refractivity contribution < 1.29 is 13.9 Å². The summed E-state index contributed by atoms with van der Waals surface area (Å²) in [6.45, 7) is 0. The molecule has 0 spiro atoms. The number of carbonyl (C=O) groups is 1. The Kier molecular flexibility index (Phi) is 4.90. The summed E-state index contributed by atoms with van der Waals surface area (Å²) in [7, 11) is 1.60. The molecule has 0 fully saturated rings. The lowest BCUT2D eigenvalue weighted by atomic mass is 10.0. The Morgan fingerprint density at radius 1 is 1.10 bits per heavy atom. The monoisotopic (exact) mass is 336 g/mol. The molecule has 2 nitrogen and oxygen atoms in total. The van der Waals surface area contributed by atoms with Crippen molar-refractivity contribution in [3.05, 3.63) is 63.9 Å². The largest absolute Gasteiger partial charge is 0.497 e. The molecular weight excluding hydrogens is 323 g/mol. The van der Waals surface area contributed by atoms with Crippen LogP contribution in [0.1, 0.15) is 11.1 Å². The molecule has 0 aliphatic rings. The van der Waals surface area contributed by atoms with Crippen LogP contribution in [-0.2, 0) is 17.6 Å². The Hall–Kier alpha value is -1.68. The molecule has 0 aliphatic heterocycles. The van der Waals surface area contributed by atoms with Gasteiger partial charge in [0.25, 0.3) is 0 Å². The highest BCUT2D eigenvalue weighted by Crippen LogP contribution is 2.17. The summed E-state index contributed by atoms with van der Waals surface area (Å²) in [5, 5.41) is 0. The van der Waals surface area contributed by atoms with Crippen molar-refractivity contribution >= 4 is 21.7 Å². The first kappa shape index (κ1) is 14.7. The summed E-state index contributed by atoms with van der Waals surface area (Å²) in [4.78, 5) is 12.0. The van der Waals surface area contributed by atoms with Gasteiger partial charge in [0.1, 0.15) is 17.3 Å². The number of Topliss-reactive ketones (excluding diaryl/α,β-unsaturated/α-hetero) is 1. The third-order valence-electron chi connectivity index (χ3n) is 2.88. The average Bonchev–Trinajstić information content (AvgIpc) is 2.38. The second-order valence-corrected chi connectivity index (χ2v) is 5.43. The lowest BCUT2D eigenvalue weighted by molar-refractivity contribution is -0.117. The van der Waals surface area contributed by atoms with E-state index in [4.69, 9.17) is 4.74 Å². The van der Waals surface area contributed by atoms with Gasteiger partial charge in [-0.3, -0.25) is 4.79 Å². The van der Waals surface area contributed by atoms with Gasteiger partial charge in [-0.25, -0.2) is 4.39 Å². The Bertz CT molecular complexity index is 588. The van der Waals surface area contributed by atoms with Gasteiger partial charge < -0.3 is 4.74 Å². The Morgan fingerprint density at radius 2 is 1.75 bits per heavy atom. The number of methoxy groups -OCH3 is 1. The quantitative estimate of drug-likeness (QED) is 0.826. The fourth-order valence-corrected chi connectivity index (χ4v) is 2.49. The lowest BCUT2D eigenvalue weighted by Gasteiger charge is -2.04. The molecule has 20 heavy (non-hydrogen) atoms. The van der Waals surface area contributed by atoms with Crippen LogP contribution in [0.4, 0.5) is 4.39 Å². The van der Waals surface area contributed by atoms with E-state index in [2.05, 4.69) is 15.9 Å². The van der Waals surface area contributed by atoms with Gasteiger partial charge in [-0.05, 0) is 41.5 Å². The molecule has 2 aromatic carbocycles. The van der Waals surface area contributed by atoms with Crippen LogP contribution < -0.4 is 4.74 Å². The van der Waals surface area contributed by atoms with Gasteiger partial charge in [0, 0.05) is 17.3 Å². The van der Waals surface area contributed by atoms with Crippen molar-refractivity contribution in [1.29, 1.82) is 0 Å². The summed E-state index contributed by atoms with van der Waals surface area (Å²) >= 11 is 3.22. The molecule has 0 aliphatic carbocycles. The van der Waals surface area contributed by atoms with E-state index in [-0.39, 0.29) is 18.0 Å². The number of ether oxygens (including phenoxy) is 1. The van der Waals surface area contributed by atoms with Gasteiger partial charge >= 0.3 is 0 Å². The minimum Gasteiger partial charge on any atom is -0.497 e. The van der Waals surface area contributed by atoms with E-state index in [1.807, 2.05) is 24.3 Å². The van der Waals surface area contributed by atoms with Crippen LogP contribution in [0, 0.1) is 5.82 Å². The topological polar surface area (TPSA) is 26.3 Å². The van der Waals surface area contributed by atoms with Crippen LogP contribution in [0.25, 0.3) is 0 Å². The number of hydrogen-bond acceptors (Lipinski definition) is 2. The zero-order valence-corrected chi connectivity index (χ0v) is 12.6. The van der Waals surface area contributed by atoms with Crippen LogP contribution in [0.3, 0.4) is 0 Å². The van der Waals surface area contributed by atoms with E-state index in [0.717, 1.165) is 11.3 Å². The molecule has 2 rings (SSSR count). The first-order chi connectivity index (χ1) is 9.56. The zero-order chi connectivity index (χ0) is 14.5. The predicted octanol–water partition coefficient (Wildman–Crippen LogP) is 3.95. The number of hydrogen-bond donors (Lipinski definition) is 0. The molecule has 2 aromatic rings. The van der Waals surface area contributed by atoms with E-state index < -0.39 is 0 Å². The highest BCUT2D eigenvalue weighted by atomic mass is 79.9. The van der Waals surface area contributed by atoms with Crippen molar-refractivity contribution in [3.63, 3.8) is 0 Å². The first-order valence-corrected chi connectivity index (χ1v) is 6.96. The minimum absolute atomic E-state index is 0.0488. The standard InChI is InChI=1S/C16H14BrFO2/c1-20-16-4-2-11(3-5-16)8-15(19)9-12-6-13(17)10-14(18)7-12/h2-7,10H,8-9H2,1H3. The highest BCUT2D eigenvalue weighted by molar-refractivity contribution is 9.10. The molecule has 4 heteroatoms. The van der Waals surface area contributed by atoms with Gasteiger partial charge in [-0.15, -0.1) is 0 Å². The maximum Gasteiger partial charge on any atom is 0.141 e. The third kappa shape index (κ3) is 4.17. The number of rotatable bonds is 5. The average molecular weight is 337 g/mol. The fraction of sp³-hybridized carbons (Fsp3) is 0.188. The fourth-order valence-electron chi connectivity index (χ4n) is 1.97. The summed E-state index contributed by atoms with van der Waals surface area (Å²) in [6, 6.07) is 11.9. The molecular formula is C16H14BrFO2. The van der Waals surface area contributed by atoms with Gasteiger partial charge in [-0.1, -0.05) is 28.1 Å². The molecule has 0 bridgehead atoms. The first-order valence-electron chi connectivity index (χ1n) is 6.16. The normalized spacial score (nSPS) is 10.3. The molecule has 0 radical (unpaired) electrons. The third-order valence-corrected chi connectivity index (χ3v) is 3.34. The van der Waals surface area contributed by atoms with Gasteiger partial charge in [-0.2, -0.15) is 0 Å². The van der Waals surface area contributed by atoms with Crippen molar-refractivity contribution in [2.75, 3.05) is 7.11 Å². The summed E-state index contributed by atoms with van der Waals surface area (Å²) in [5.41, 5.74) is 1.60. The maximum absolute atomic E-state index is 13.2. The number of halogens is 2. The smallest absolute Gasteiger partial charge is 0.141 e. The molecule has 0 heterocycles. The summed E-state index contributed by atoms with van der Waals surface area (Å²) < 4.78 is 18.9. The van der Waals surface area contributed by atoms with Crippen LogP contribution >= 0.6 is 15.9 Å². The molecule has 0 amide bonds. The molecule has 0 atom stereocenters. The van der Waals surface area contributed by atoms with Crippen molar-refractivity contribution in [3.8, 4) is 5.75 Å². The molecule has 0 saturated carbocycles. The van der Waals surface area contributed by atoms with E-state index in [0.29, 0.717) is 16.5 Å². The van der Waals surface area contributed by atoms with Crippen molar-refractivity contribution in [1.82, 2.24) is 0 Å². The summed E-state index contributed by atoms with van der Waals surface area (Å²) in [5.74, 6) is 0.467. The second-order valence-electron chi connectivity index (χ2n) is 4.52. The number of benzene rings is 2. The minimum atomic E-state index is -0.341. The zero-order valence-electron chi connectivity index (χ0n) is 11.0. The number of ketones is 1. The van der Waals surface area contributed by atoms with Crippen LogP contribution in [-0.4, -0.2) is 12.9 Å². The highest BCUT2D eigenvalue weighted by Gasteiger charge is 2.07.